The van der Waals surface area contributed by atoms with E-state index in [2.05, 4.69) is 22.6 Å². The third-order valence-electron chi connectivity index (χ3n) is 3.78. The van der Waals surface area contributed by atoms with Crippen LogP contribution in [-0.2, 0) is 6.42 Å². The summed E-state index contributed by atoms with van der Waals surface area (Å²) in [5, 5.41) is 11.2. The molecule has 1 heterocycles. The van der Waals surface area contributed by atoms with Crippen LogP contribution in [0.25, 0.3) is 5.69 Å². The summed E-state index contributed by atoms with van der Waals surface area (Å²) in [6, 6.07) is 17.4. The predicted molar refractivity (Wildman–Crippen MR) is 94.5 cm³/mol. The topological polar surface area (TPSA) is 59.8 Å². The molecule has 3 aromatic rings. The zero-order valence-corrected chi connectivity index (χ0v) is 13.9. The third kappa shape index (κ3) is 3.35. The first-order valence-corrected chi connectivity index (χ1v) is 8.07. The number of anilines is 1. The summed E-state index contributed by atoms with van der Waals surface area (Å²) in [4.78, 5) is 12.6. The van der Waals surface area contributed by atoms with E-state index in [0.29, 0.717) is 5.69 Å². The van der Waals surface area contributed by atoms with Crippen LogP contribution in [0.3, 0.4) is 0 Å². The molecule has 5 nitrogen and oxygen atoms in total. The minimum absolute atomic E-state index is 0.233. The van der Waals surface area contributed by atoms with Crippen LogP contribution in [0.5, 0.6) is 0 Å². The second-order valence-corrected chi connectivity index (χ2v) is 5.70. The molecule has 0 aliphatic rings. The van der Waals surface area contributed by atoms with Crippen molar-refractivity contribution < 1.29 is 4.79 Å². The van der Waals surface area contributed by atoms with E-state index in [4.69, 9.17) is 0 Å². The number of benzene rings is 2. The van der Waals surface area contributed by atoms with E-state index in [1.807, 2.05) is 61.5 Å². The predicted octanol–water partition coefficient (Wildman–Crippen LogP) is 3.78. The summed E-state index contributed by atoms with van der Waals surface area (Å²) in [5.74, 6) is -0.233. The van der Waals surface area contributed by atoms with Gasteiger partial charge in [-0.05, 0) is 37.6 Å². The molecule has 122 valence electrons. The summed E-state index contributed by atoms with van der Waals surface area (Å²) in [5.41, 5.74) is 4.04. The van der Waals surface area contributed by atoms with Gasteiger partial charge in [0.1, 0.15) is 0 Å². The number of rotatable bonds is 5. The summed E-state index contributed by atoms with van der Waals surface area (Å²) in [7, 11) is 0. The van der Waals surface area contributed by atoms with Crippen LogP contribution in [0, 0.1) is 6.92 Å². The SMILES string of the molecule is CCCc1c(C(=O)Nc2ccccc2)nnn1-c1ccc(C)cc1. The molecule has 0 radical (unpaired) electrons. The molecule has 3 rings (SSSR count). The molecule has 5 heteroatoms. The molecule has 1 amide bonds. The van der Waals surface area contributed by atoms with Crippen LogP contribution >= 0.6 is 0 Å². The summed E-state index contributed by atoms with van der Waals surface area (Å²) in [6.07, 6.45) is 1.64. The molecule has 0 aliphatic carbocycles. The number of amides is 1. The Labute approximate surface area is 141 Å². The smallest absolute Gasteiger partial charge is 0.278 e. The van der Waals surface area contributed by atoms with Crippen molar-refractivity contribution >= 4 is 11.6 Å². The van der Waals surface area contributed by atoms with Gasteiger partial charge in [0, 0.05) is 5.69 Å². The standard InChI is InChI=1S/C19H20N4O/c1-3-7-17-18(19(24)20-15-8-5-4-6-9-15)21-22-23(17)16-12-10-14(2)11-13-16/h4-6,8-13H,3,7H2,1-2H3,(H,20,24). The van der Waals surface area contributed by atoms with Crippen LogP contribution in [0.2, 0.25) is 0 Å². The Morgan fingerprint density at radius 3 is 2.46 bits per heavy atom. The van der Waals surface area contributed by atoms with Crippen LogP contribution in [0.4, 0.5) is 5.69 Å². The van der Waals surface area contributed by atoms with E-state index in [-0.39, 0.29) is 5.91 Å². The third-order valence-corrected chi connectivity index (χ3v) is 3.78. The van der Waals surface area contributed by atoms with Crippen LogP contribution in [0.1, 0.15) is 35.1 Å². The molecule has 0 spiro atoms. The van der Waals surface area contributed by atoms with Crippen molar-refractivity contribution in [2.45, 2.75) is 26.7 Å². The molecular formula is C19H20N4O. The first-order valence-electron chi connectivity index (χ1n) is 8.07. The number of hydrogen-bond acceptors (Lipinski definition) is 3. The zero-order chi connectivity index (χ0) is 16.9. The highest BCUT2D eigenvalue weighted by atomic mass is 16.2. The number of nitrogens with zero attached hydrogens (tertiary/aromatic N) is 3. The Morgan fingerprint density at radius 2 is 1.79 bits per heavy atom. The highest BCUT2D eigenvalue weighted by Gasteiger charge is 2.20. The fraction of sp³-hybridized carbons (Fsp3) is 0.211. The number of carbonyl (C=O) groups is 1. The molecule has 0 fully saturated rings. The van der Waals surface area contributed by atoms with Gasteiger partial charge in [-0.25, -0.2) is 4.68 Å². The Hall–Kier alpha value is -2.95. The van der Waals surface area contributed by atoms with Gasteiger partial charge in [-0.2, -0.15) is 0 Å². The first-order chi connectivity index (χ1) is 11.7. The fourth-order valence-electron chi connectivity index (χ4n) is 2.54. The van der Waals surface area contributed by atoms with E-state index in [1.165, 1.54) is 5.56 Å². The summed E-state index contributed by atoms with van der Waals surface area (Å²) < 4.78 is 1.75. The van der Waals surface area contributed by atoms with Gasteiger partial charge in [-0.15, -0.1) is 5.10 Å². The molecule has 1 aromatic heterocycles. The maximum atomic E-state index is 12.6. The van der Waals surface area contributed by atoms with Crippen molar-refractivity contribution in [2.75, 3.05) is 5.32 Å². The average molecular weight is 320 g/mol. The van der Waals surface area contributed by atoms with Crippen LogP contribution in [-0.4, -0.2) is 20.9 Å². The lowest BCUT2D eigenvalue weighted by atomic mass is 10.1. The van der Waals surface area contributed by atoms with Crippen molar-refractivity contribution in [2.24, 2.45) is 0 Å². The number of aromatic nitrogens is 3. The molecule has 0 unspecified atom stereocenters. The van der Waals surface area contributed by atoms with Gasteiger partial charge >= 0.3 is 0 Å². The van der Waals surface area contributed by atoms with Crippen molar-refractivity contribution in [1.82, 2.24) is 15.0 Å². The molecule has 0 aliphatic heterocycles. The lowest BCUT2D eigenvalue weighted by Crippen LogP contribution is -2.15. The lowest BCUT2D eigenvalue weighted by Gasteiger charge is -2.08. The molecular weight excluding hydrogens is 300 g/mol. The molecule has 0 saturated carbocycles. The largest absolute Gasteiger partial charge is 0.321 e. The quantitative estimate of drug-likeness (QED) is 0.778. The van der Waals surface area contributed by atoms with Gasteiger partial charge in [0.15, 0.2) is 5.69 Å². The number of carbonyl (C=O) groups excluding carboxylic acids is 1. The average Bonchev–Trinajstić information content (AvgIpc) is 3.01. The number of nitrogens with one attached hydrogen (secondary N) is 1. The molecule has 24 heavy (non-hydrogen) atoms. The molecule has 0 atom stereocenters. The van der Waals surface area contributed by atoms with E-state index in [1.54, 1.807) is 4.68 Å². The Bertz CT molecular complexity index is 822. The summed E-state index contributed by atoms with van der Waals surface area (Å²) in [6.45, 7) is 4.11. The molecule has 1 N–H and O–H groups in total. The van der Waals surface area contributed by atoms with E-state index >= 15 is 0 Å². The van der Waals surface area contributed by atoms with Gasteiger partial charge in [-0.1, -0.05) is 54.5 Å². The highest BCUT2D eigenvalue weighted by Crippen LogP contribution is 2.17. The van der Waals surface area contributed by atoms with Gasteiger partial charge < -0.3 is 5.32 Å². The number of para-hydroxylation sites is 1. The maximum Gasteiger partial charge on any atom is 0.278 e. The van der Waals surface area contributed by atoms with Gasteiger partial charge in [0.2, 0.25) is 0 Å². The minimum Gasteiger partial charge on any atom is -0.321 e. The van der Waals surface area contributed by atoms with Crippen molar-refractivity contribution in [3.63, 3.8) is 0 Å². The van der Waals surface area contributed by atoms with Crippen molar-refractivity contribution in [3.05, 3.63) is 71.5 Å². The first kappa shape index (κ1) is 15.9. The number of aryl methyl sites for hydroxylation is 1. The van der Waals surface area contributed by atoms with Gasteiger partial charge in [0.25, 0.3) is 5.91 Å². The normalized spacial score (nSPS) is 10.6. The van der Waals surface area contributed by atoms with Crippen LogP contribution < -0.4 is 5.32 Å². The maximum absolute atomic E-state index is 12.6. The Balaban J connectivity index is 1.93. The monoisotopic (exact) mass is 320 g/mol. The van der Waals surface area contributed by atoms with E-state index < -0.39 is 0 Å². The highest BCUT2D eigenvalue weighted by molar-refractivity contribution is 6.03. The Kier molecular flexibility index (Phi) is 4.70. The molecule has 2 aromatic carbocycles. The number of hydrogen-bond donors (Lipinski definition) is 1. The van der Waals surface area contributed by atoms with Crippen LogP contribution in [0.15, 0.2) is 54.6 Å². The lowest BCUT2D eigenvalue weighted by molar-refractivity contribution is 0.102. The van der Waals surface area contributed by atoms with Crippen molar-refractivity contribution in [1.29, 1.82) is 0 Å². The van der Waals surface area contributed by atoms with E-state index in [0.717, 1.165) is 29.9 Å². The Morgan fingerprint density at radius 1 is 1.08 bits per heavy atom. The summed E-state index contributed by atoms with van der Waals surface area (Å²) >= 11 is 0. The van der Waals surface area contributed by atoms with Gasteiger partial charge in [0.05, 0.1) is 11.4 Å². The second-order valence-electron chi connectivity index (χ2n) is 5.70. The van der Waals surface area contributed by atoms with Crippen molar-refractivity contribution in [3.8, 4) is 5.69 Å². The molecule has 0 bridgehead atoms. The van der Waals surface area contributed by atoms with Gasteiger partial charge in [-0.3, -0.25) is 4.79 Å². The van der Waals surface area contributed by atoms with E-state index in [9.17, 15) is 4.79 Å². The fourth-order valence-corrected chi connectivity index (χ4v) is 2.54. The molecule has 0 saturated heterocycles. The minimum atomic E-state index is -0.233. The zero-order valence-electron chi connectivity index (χ0n) is 13.9. The second kappa shape index (κ2) is 7.08.